The number of nitrogens with zero attached hydrogens (tertiary/aromatic N) is 3. The highest BCUT2D eigenvalue weighted by Gasteiger charge is 2.30. The molecule has 2 aliphatic carbocycles. The summed E-state index contributed by atoms with van der Waals surface area (Å²) in [6.07, 6.45) is 13.0. The lowest BCUT2D eigenvalue weighted by Crippen LogP contribution is -2.25. The monoisotopic (exact) mass is 325 g/mol. The van der Waals surface area contributed by atoms with Crippen LogP contribution in [0.15, 0.2) is 42.2 Å². The van der Waals surface area contributed by atoms with Crippen LogP contribution in [0.1, 0.15) is 62.8 Å². The highest BCUT2D eigenvalue weighted by molar-refractivity contribution is 5.29. The largest absolute Gasteiger partial charge is 0.394 e. The van der Waals surface area contributed by atoms with Gasteiger partial charge in [-0.2, -0.15) is 0 Å². The van der Waals surface area contributed by atoms with Gasteiger partial charge in [-0.05, 0) is 98.3 Å². The Hall–Kier alpha value is -1.93. The third-order valence-corrected chi connectivity index (χ3v) is 6.12. The van der Waals surface area contributed by atoms with Crippen LogP contribution in [0.25, 0.3) is 10.4 Å². The summed E-state index contributed by atoms with van der Waals surface area (Å²) in [5.74, 6) is 3.91. The molecule has 2 aliphatic rings. The molecule has 2 fully saturated rings. The fraction of sp³-hybridized carbons (Fsp3) is 0.600. The van der Waals surface area contributed by atoms with Crippen molar-refractivity contribution < 1.29 is 4.84 Å². The quantitative estimate of drug-likeness (QED) is 0.199. The number of azide groups is 1. The van der Waals surface area contributed by atoms with Gasteiger partial charge in [-0.25, -0.2) is 0 Å². The van der Waals surface area contributed by atoms with Crippen molar-refractivity contribution in [3.8, 4) is 5.75 Å². The van der Waals surface area contributed by atoms with Gasteiger partial charge in [0.1, 0.15) is 11.0 Å². The maximum absolute atomic E-state index is 8.28. The lowest BCUT2D eigenvalue weighted by atomic mass is 9.68. The number of allylic oxidation sites excluding steroid dienone is 1. The van der Waals surface area contributed by atoms with Crippen LogP contribution in [0.4, 0.5) is 0 Å². The van der Waals surface area contributed by atoms with E-state index in [9.17, 15) is 0 Å². The summed E-state index contributed by atoms with van der Waals surface area (Å²) in [5, 5.41) is 3.13. The minimum Gasteiger partial charge on any atom is -0.394 e. The van der Waals surface area contributed by atoms with Gasteiger partial charge in [0.05, 0.1) is 0 Å². The summed E-state index contributed by atoms with van der Waals surface area (Å²) >= 11 is 0. The van der Waals surface area contributed by atoms with Crippen molar-refractivity contribution in [1.29, 1.82) is 0 Å². The SMILES string of the molecule is C=CC1CCC(C2CCC(c3ccc(ON=[N+]=[N-])cc3)CC2)CC1. The Morgan fingerprint density at radius 2 is 1.54 bits per heavy atom. The van der Waals surface area contributed by atoms with E-state index in [0.29, 0.717) is 11.7 Å². The van der Waals surface area contributed by atoms with Crippen LogP contribution in [0.2, 0.25) is 0 Å². The zero-order valence-electron chi connectivity index (χ0n) is 14.3. The summed E-state index contributed by atoms with van der Waals surface area (Å²) in [7, 11) is 0. The molecule has 3 rings (SSSR count). The maximum atomic E-state index is 8.28. The Balaban J connectivity index is 1.50. The zero-order chi connectivity index (χ0) is 16.8. The number of hydrogen-bond donors (Lipinski definition) is 0. The van der Waals surface area contributed by atoms with Crippen molar-refractivity contribution >= 4 is 0 Å². The standard InChI is InChI=1S/C20H27N3O/c1-2-15-3-5-16(6-4-15)17-7-9-18(10-8-17)19-11-13-20(14-12-19)24-23-22-21/h2,11-18H,1,3-10H2. The molecule has 0 aliphatic heterocycles. The second-order valence-corrected chi connectivity index (χ2v) is 7.35. The molecule has 0 saturated heterocycles. The summed E-state index contributed by atoms with van der Waals surface area (Å²) in [6, 6.07) is 8.02. The van der Waals surface area contributed by atoms with Crippen molar-refractivity contribution in [2.75, 3.05) is 0 Å². The van der Waals surface area contributed by atoms with Gasteiger partial charge in [0.2, 0.25) is 0 Å². The van der Waals surface area contributed by atoms with Gasteiger partial charge in [0.25, 0.3) is 0 Å². The zero-order valence-corrected chi connectivity index (χ0v) is 14.3. The maximum Gasteiger partial charge on any atom is 0.136 e. The van der Waals surface area contributed by atoms with E-state index in [1.165, 1.54) is 56.9 Å². The summed E-state index contributed by atoms with van der Waals surface area (Å²) in [6.45, 7) is 3.96. The van der Waals surface area contributed by atoms with E-state index in [0.717, 1.165) is 17.8 Å². The summed E-state index contributed by atoms with van der Waals surface area (Å²) in [5.41, 5.74) is 9.66. The molecule has 0 radical (unpaired) electrons. The summed E-state index contributed by atoms with van der Waals surface area (Å²) < 4.78 is 0. The molecule has 0 aromatic heterocycles. The first-order valence-electron chi connectivity index (χ1n) is 9.24. The predicted octanol–water partition coefficient (Wildman–Crippen LogP) is 6.56. The van der Waals surface area contributed by atoms with E-state index >= 15 is 0 Å². The lowest BCUT2D eigenvalue weighted by Gasteiger charge is -2.37. The molecule has 2 saturated carbocycles. The second-order valence-electron chi connectivity index (χ2n) is 7.35. The normalized spacial score (nSPS) is 30.2. The molecule has 0 amide bonds. The molecule has 4 nitrogen and oxygen atoms in total. The third-order valence-electron chi connectivity index (χ3n) is 6.12. The first-order chi connectivity index (χ1) is 11.8. The van der Waals surface area contributed by atoms with E-state index in [-0.39, 0.29) is 0 Å². The lowest BCUT2D eigenvalue weighted by molar-refractivity contribution is 0.171. The van der Waals surface area contributed by atoms with Crippen molar-refractivity contribution in [2.24, 2.45) is 23.0 Å². The second kappa shape index (κ2) is 8.25. The molecule has 1 aromatic rings. The van der Waals surface area contributed by atoms with Crippen molar-refractivity contribution in [1.82, 2.24) is 0 Å². The van der Waals surface area contributed by atoms with Crippen LogP contribution in [0.5, 0.6) is 5.75 Å². The van der Waals surface area contributed by atoms with Gasteiger partial charge >= 0.3 is 0 Å². The van der Waals surface area contributed by atoms with E-state index in [2.05, 4.69) is 35.0 Å². The molecule has 24 heavy (non-hydrogen) atoms. The van der Waals surface area contributed by atoms with Crippen LogP contribution in [0.3, 0.4) is 0 Å². The molecule has 0 N–H and O–H groups in total. The highest BCUT2D eigenvalue weighted by atomic mass is 16.6. The van der Waals surface area contributed by atoms with Gasteiger partial charge in [-0.15, -0.1) is 6.58 Å². The van der Waals surface area contributed by atoms with Crippen LogP contribution in [-0.4, -0.2) is 0 Å². The molecule has 0 atom stereocenters. The number of rotatable bonds is 5. The number of benzene rings is 1. The van der Waals surface area contributed by atoms with Gasteiger partial charge < -0.3 is 4.84 Å². The van der Waals surface area contributed by atoms with E-state index in [4.69, 9.17) is 10.4 Å². The fourth-order valence-electron chi connectivity index (χ4n) is 4.64. The van der Waals surface area contributed by atoms with Gasteiger partial charge in [0, 0.05) is 4.91 Å². The van der Waals surface area contributed by atoms with Crippen LogP contribution in [-0.2, 0) is 0 Å². The van der Waals surface area contributed by atoms with Crippen molar-refractivity contribution in [2.45, 2.75) is 57.3 Å². The minimum absolute atomic E-state index is 0.601. The van der Waals surface area contributed by atoms with Crippen molar-refractivity contribution in [3.63, 3.8) is 0 Å². The van der Waals surface area contributed by atoms with E-state index < -0.39 is 0 Å². The predicted molar refractivity (Wildman–Crippen MR) is 96.6 cm³/mol. The Morgan fingerprint density at radius 3 is 2.08 bits per heavy atom. The average molecular weight is 325 g/mol. The molecule has 0 heterocycles. The Kier molecular flexibility index (Phi) is 5.81. The Bertz CT molecular complexity index is 575. The van der Waals surface area contributed by atoms with E-state index in [1.807, 2.05) is 12.1 Å². The molecular formula is C20H27N3O. The minimum atomic E-state index is 0.601. The molecule has 128 valence electrons. The topological polar surface area (TPSA) is 58.0 Å². The number of hydrogen-bond acceptors (Lipinski definition) is 2. The first kappa shape index (κ1) is 16.9. The van der Waals surface area contributed by atoms with Gasteiger partial charge in [0.15, 0.2) is 0 Å². The van der Waals surface area contributed by atoms with E-state index in [1.54, 1.807) is 0 Å². The Morgan fingerprint density at radius 1 is 0.958 bits per heavy atom. The molecular weight excluding hydrogens is 298 g/mol. The van der Waals surface area contributed by atoms with Crippen LogP contribution < -0.4 is 4.84 Å². The summed E-state index contributed by atoms with van der Waals surface area (Å²) in [4.78, 5) is 7.52. The van der Waals surface area contributed by atoms with Crippen molar-refractivity contribution in [3.05, 3.63) is 52.9 Å². The third kappa shape index (κ3) is 4.12. The fourth-order valence-corrected chi connectivity index (χ4v) is 4.64. The smallest absolute Gasteiger partial charge is 0.136 e. The first-order valence-corrected chi connectivity index (χ1v) is 9.24. The highest BCUT2D eigenvalue weighted by Crippen LogP contribution is 2.44. The van der Waals surface area contributed by atoms with Crippen LogP contribution >= 0.6 is 0 Å². The van der Waals surface area contributed by atoms with Crippen LogP contribution in [0, 0.1) is 17.8 Å². The molecule has 0 unspecified atom stereocenters. The molecule has 4 heteroatoms. The molecule has 0 bridgehead atoms. The Labute approximate surface area is 144 Å². The molecule has 1 aromatic carbocycles. The van der Waals surface area contributed by atoms with Gasteiger partial charge in [-0.1, -0.05) is 18.2 Å². The van der Waals surface area contributed by atoms with Gasteiger partial charge in [-0.3, -0.25) is 0 Å². The average Bonchev–Trinajstić information content (AvgIpc) is 2.67. The molecule has 0 spiro atoms.